The molecule has 1 aromatic heterocycles. The first-order valence-electron chi connectivity index (χ1n) is 9.72. The minimum absolute atomic E-state index is 0.161. The zero-order chi connectivity index (χ0) is 19.3. The number of benzene rings is 2. The monoisotopic (exact) mass is 376 g/mol. The molecule has 144 valence electrons. The third kappa shape index (κ3) is 4.22. The van der Waals surface area contributed by atoms with Gasteiger partial charge >= 0.3 is 0 Å². The van der Waals surface area contributed by atoms with Gasteiger partial charge in [0.15, 0.2) is 0 Å². The summed E-state index contributed by atoms with van der Waals surface area (Å²) in [4.78, 5) is 19.0. The topological polar surface area (TPSA) is 71.3 Å². The van der Waals surface area contributed by atoms with Crippen molar-refractivity contribution >= 4 is 11.6 Å². The Morgan fingerprint density at radius 2 is 1.75 bits per heavy atom. The van der Waals surface area contributed by atoms with E-state index in [1.165, 1.54) is 24.9 Å². The molecule has 0 aliphatic carbocycles. The maximum atomic E-state index is 12.2. The molecule has 1 N–H and O–H groups in total. The Balaban J connectivity index is 1.37. The number of aryl methyl sites for hydroxylation is 1. The smallest absolute Gasteiger partial charge is 0.251 e. The molecule has 2 heterocycles. The summed E-state index contributed by atoms with van der Waals surface area (Å²) in [6, 6.07) is 15.7. The van der Waals surface area contributed by atoms with Gasteiger partial charge in [0, 0.05) is 29.9 Å². The van der Waals surface area contributed by atoms with Crippen LogP contribution in [0.3, 0.4) is 0 Å². The van der Waals surface area contributed by atoms with Gasteiger partial charge in [-0.05, 0) is 62.6 Å². The standard InChI is InChI=1S/C22H24N4O2/c1-16-5-7-18(8-6-16)22(27)23-15-20-24-21(25-28-20)17-9-11-19(12-10-17)26-13-3-2-4-14-26/h5-12H,2-4,13-15H2,1H3,(H,23,27). The number of carbonyl (C=O) groups is 1. The summed E-state index contributed by atoms with van der Waals surface area (Å²) in [6.07, 6.45) is 3.83. The van der Waals surface area contributed by atoms with E-state index in [4.69, 9.17) is 4.52 Å². The highest BCUT2D eigenvalue weighted by Crippen LogP contribution is 2.23. The second-order valence-electron chi connectivity index (χ2n) is 7.16. The van der Waals surface area contributed by atoms with E-state index < -0.39 is 0 Å². The zero-order valence-electron chi connectivity index (χ0n) is 16.0. The quantitative estimate of drug-likeness (QED) is 0.730. The Morgan fingerprint density at radius 3 is 2.46 bits per heavy atom. The van der Waals surface area contributed by atoms with Gasteiger partial charge in [-0.3, -0.25) is 4.79 Å². The minimum atomic E-state index is -0.161. The fourth-order valence-electron chi connectivity index (χ4n) is 3.38. The molecule has 1 saturated heterocycles. The number of nitrogens with zero attached hydrogens (tertiary/aromatic N) is 3. The van der Waals surface area contributed by atoms with Crippen LogP contribution in [0.15, 0.2) is 53.1 Å². The first-order valence-corrected chi connectivity index (χ1v) is 9.72. The third-order valence-corrected chi connectivity index (χ3v) is 5.03. The summed E-state index contributed by atoms with van der Waals surface area (Å²) >= 11 is 0. The van der Waals surface area contributed by atoms with E-state index in [1.807, 2.05) is 31.2 Å². The highest BCUT2D eigenvalue weighted by Gasteiger charge is 2.13. The van der Waals surface area contributed by atoms with E-state index in [2.05, 4.69) is 32.5 Å². The molecule has 0 radical (unpaired) electrons. The number of hydrogen-bond acceptors (Lipinski definition) is 5. The molecule has 28 heavy (non-hydrogen) atoms. The van der Waals surface area contributed by atoms with Crippen LogP contribution in [-0.2, 0) is 6.54 Å². The second kappa shape index (κ2) is 8.25. The van der Waals surface area contributed by atoms with Gasteiger partial charge in [0.25, 0.3) is 5.91 Å². The maximum Gasteiger partial charge on any atom is 0.251 e. The van der Waals surface area contributed by atoms with Crippen molar-refractivity contribution < 1.29 is 9.32 Å². The van der Waals surface area contributed by atoms with Gasteiger partial charge in [-0.25, -0.2) is 0 Å². The number of rotatable bonds is 5. The molecular weight excluding hydrogens is 352 g/mol. The van der Waals surface area contributed by atoms with E-state index in [1.54, 1.807) is 12.1 Å². The SMILES string of the molecule is Cc1ccc(C(=O)NCc2nc(-c3ccc(N4CCCCC4)cc3)no2)cc1. The van der Waals surface area contributed by atoms with Crippen molar-refractivity contribution in [3.05, 3.63) is 65.5 Å². The molecule has 1 fully saturated rings. The zero-order valence-corrected chi connectivity index (χ0v) is 16.0. The van der Waals surface area contributed by atoms with Crippen molar-refractivity contribution in [3.63, 3.8) is 0 Å². The number of anilines is 1. The lowest BCUT2D eigenvalue weighted by atomic mass is 10.1. The summed E-state index contributed by atoms with van der Waals surface area (Å²) in [6.45, 7) is 4.42. The van der Waals surface area contributed by atoms with Crippen LogP contribution in [0.25, 0.3) is 11.4 Å². The van der Waals surface area contributed by atoms with Crippen LogP contribution in [-0.4, -0.2) is 29.1 Å². The lowest BCUT2D eigenvalue weighted by molar-refractivity contribution is 0.0946. The predicted octanol–water partition coefficient (Wildman–Crippen LogP) is 3.97. The average Bonchev–Trinajstić information content (AvgIpc) is 3.22. The van der Waals surface area contributed by atoms with E-state index >= 15 is 0 Å². The first kappa shape index (κ1) is 18.2. The molecule has 0 bridgehead atoms. The van der Waals surface area contributed by atoms with Crippen LogP contribution >= 0.6 is 0 Å². The molecule has 2 aromatic carbocycles. The van der Waals surface area contributed by atoms with Crippen LogP contribution in [0, 0.1) is 6.92 Å². The number of hydrogen-bond donors (Lipinski definition) is 1. The molecule has 3 aromatic rings. The second-order valence-corrected chi connectivity index (χ2v) is 7.16. The van der Waals surface area contributed by atoms with Gasteiger partial charge in [-0.15, -0.1) is 0 Å². The van der Waals surface area contributed by atoms with Crippen LogP contribution in [0.2, 0.25) is 0 Å². The van der Waals surface area contributed by atoms with Crippen molar-refractivity contribution in [1.82, 2.24) is 15.5 Å². The molecule has 0 atom stereocenters. The van der Waals surface area contributed by atoms with Crippen molar-refractivity contribution in [2.24, 2.45) is 0 Å². The van der Waals surface area contributed by atoms with E-state index in [0.29, 0.717) is 17.3 Å². The molecule has 1 aliphatic rings. The Hall–Kier alpha value is -3.15. The van der Waals surface area contributed by atoms with Crippen LogP contribution in [0.1, 0.15) is 41.1 Å². The maximum absolute atomic E-state index is 12.2. The Bertz CT molecular complexity index is 926. The Labute approximate surface area is 164 Å². The third-order valence-electron chi connectivity index (χ3n) is 5.03. The van der Waals surface area contributed by atoms with Crippen molar-refractivity contribution in [1.29, 1.82) is 0 Å². The number of piperidine rings is 1. The summed E-state index contributed by atoms with van der Waals surface area (Å²) in [7, 11) is 0. The Morgan fingerprint density at radius 1 is 1.04 bits per heavy atom. The number of aromatic nitrogens is 2. The summed E-state index contributed by atoms with van der Waals surface area (Å²) < 4.78 is 5.28. The van der Waals surface area contributed by atoms with Gasteiger partial charge < -0.3 is 14.7 Å². The van der Waals surface area contributed by atoms with E-state index in [0.717, 1.165) is 24.2 Å². The molecule has 4 rings (SSSR count). The Kier molecular flexibility index (Phi) is 5.37. The van der Waals surface area contributed by atoms with E-state index in [-0.39, 0.29) is 12.5 Å². The normalized spacial score (nSPS) is 14.1. The summed E-state index contributed by atoms with van der Waals surface area (Å²) in [5.74, 6) is 0.756. The molecule has 6 heteroatoms. The number of carbonyl (C=O) groups excluding carboxylic acids is 1. The van der Waals surface area contributed by atoms with Crippen molar-refractivity contribution in [2.45, 2.75) is 32.7 Å². The fourth-order valence-corrected chi connectivity index (χ4v) is 3.38. The molecule has 1 amide bonds. The lowest BCUT2D eigenvalue weighted by Crippen LogP contribution is -2.29. The molecular formula is C22H24N4O2. The van der Waals surface area contributed by atoms with Crippen LogP contribution in [0.4, 0.5) is 5.69 Å². The minimum Gasteiger partial charge on any atom is -0.372 e. The average molecular weight is 376 g/mol. The first-order chi connectivity index (χ1) is 13.7. The van der Waals surface area contributed by atoms with Crippen molar-refractivity contribution in [2.75, 3.05) is 18.0 Å². The molecule has 0 spiro atoms. The number of nitrogens with one attached hydrogen (secondary N) is 1. The molecule has 1 aliphatic heterocycles. The van der Waals surface area contributed by atoms with Gasteiger partial charge in [-0.1, -0.05) is 22.9 Å². The van der Waals surface area contributed by atoms with Gasteiger partial charge in [0.05, 0.1) is 6.54 Å². The summed E-state index contributed by atoms with van der Waals surface area (Å²) in [5.41, 5.74) is 3.86. The van der Waals surface area contributed by atoms with Crippen LogP contribution < -0.4 is 10.2 Å². The van der Waals surface area contributed by atoms with Gasteiger partial charge in [-0.2, -0.15) is 4.98 Å². The molecule has 6 nitrogen and oxygen atoms in total. The lowest BCUT2D eigenvalue weighted by Gasteiger charge is -2.28. The van der Waals surface area contributed by atoms with Gasteiger partial charge in [0.1, 0.15) is 0 Å². The van der Waals surface area contributed by atoms with Crippen molar-refractivity contribution in [3.8, 4) is 11.4 Å². The summed E-state index contributed by atoms with van der Waals surface area (Å²) in [5, 5.41) is 6.85. The molecule has 0 unspecified atom stereocenters. The van der Waals surface area contributed by atoms with E-state index in [9.17, 15) is 4.79 Å². The van der Waals surface area contributed by atoms with Crippen LogP contribution in [0.5, 0.6) is 0 Å². The predicted molar refractivity (Wildman–Crippen MR) is 108 cm³/mol. The highest BCUT2D eigenvalue weighted by molar-refractivity contribution is 5.94. The van der Waals surface area contributed by atoms with Gasteiger partial charge in [0.2, 0.25) is 11.7 Å². The number of amides is 1. The highest BCUT2D eigenvalue weighted by atomic mass is 16.5. The fraction of sp³-hybridized carbons (Fsp3) is 0.318. The largest absolute Gasteiger partial charge is 0.372 e. The molecule has 0 saturated carbocycles.